The number of benzene rings is 2. The van der Waals surface area contributed by atoms with Crippen molar-refractivity contribution in [1.82, 2.24) is 10.2 Å². The standard InChI is InChI=1S/C25H31FN2O3/c1-25(2)15-22(20-9-8-19(30-3)14-23(20)31-25)27-24(29)17-10-12-28(13-11-17)16-18-6-4-5-7-21(18)26/h4-9,14,17,22H,10-13,15-16H2,1-3H3,(H,27,29)/t22-/m0/s1. The van der Waals surface area contributed by atoms with Crippen LogP contribution in [-0.2, 0) is 11.3 Å². The van der Waals surface area contributed by atoms with Gasteiger partial charge < -0.3 is 14.8 Å². The van der Waals surface area contributed by atoms with Crippen LogP contribution in [0.25, 0.3) is 0 Å². The Balaban J connectivity index is 1.37. The van der Waals surface area contributed by atoms with Crippen LogP contribution in [0.4, 0.5) is 4.39 Å². The number of halogens is 1. The van der Waals surface area contributed by atoms with E-state index in [1.807, 2.05) is 44.2 Å². The maximum absolute atomic E-state index is 13.9. The number of ether oxygens (including phenoxy) is 2. The molecular formula is C25H31FN2O3. The molecule has 1 fully saturated rings. The van der Waals surface area contributed by atoms with Gasteiger partial charge in [-0.25, -0.2) is 4.39 Å². The number of amides is 1. The first-order valence-corrected chi connectivity index (χ1v) is 11.0. The van der Waals surface area contributed by atoms with E-state index >= 15 is 0 Å². The summed E-state index contributed by atoms with van der Waals surface area (Å²) < 4.78 is 25.4. The van der Waals surface area contributed by atoms with Crippen LogP contribution in [0, 0.1) is 11.7 Å². The van der Waals surface area contributed by atoms with Crippen molar-refractivity contribution in [3.63, 3.8) is 0 Å². The predicted octanol–water partition coefficient (Wildman–Crippen LogP) is 4.46. The number of carbonyl (C=O) groups excluding carboxylic acids is 1. The lowest BCUT2D eigenvalue weighted by atomic mass is 9.88. The highest BCUT2D eigenvalue weighted by Gasteiger charge is 2.36. The first-order valence-electron chi connectivity index (χ1n) is 11.0. The third-order valence-electron chi connectivity index (χ3n) is 6.30. The number of likely N-dealkylation sites (tertiary alicyclic amines) is 1. The van der Waals surface area contributed by atoms with Gasteiger partial charge in [-0.15, -0.1) is 0 Å². The molecule has 1 amide bonds. The molecule has 0 radical (unpaired) electrons. The second-order valence-corrected chi connectivity index (χ2v) is 9.17. The third kappa shape index (κ3) is 5.01. The van der Waals surface area contributed by atoms with Gasteiger partial charge in [0.25, 0.3) is 0 Å². The molecule has 2 aliphatic rings. The zero-order valence-electron chi connectivity index (χ0n) is 18.5. The van der Waals surface area contributed by atoms with Gasteiger partial charge in [-0.3, -0.25) is 9.69 Å². The zero-order valence-corrected chi connectivity index (χ0v) is 18.5. The lowest BCUT2D eigenvalue weighted by Gasteiger charge is -2.39. The molecule has 0 spiro atoms. The van der Waals surface area contributed by atoms with E-state index in [1.165, 1.54) is 6.07 Å². The molecule has 1 N–H and O–H groups in total. The van der Waals surface area contributed by atoms with E-state index in [9.17, 15) is 9.18 Å². The summed E-state index contributed by atoms with van der Waals surface area (Å²) in [4.78, 5) is 15.3. The van der Waals surface area contributed by atoms with Crippen molar-refractivity contribution in [2.75, 3.05) is 20.2 Å². The summed E-state index contributed by atoms with van der Waals surface area (Å²) in [5.41, 5.74) is 1.33. The Bertz CT molecular complexity index is 938. The number of rotatable bonds is 5. The second kappa shape index (κ2) is 8.87. The molecule has 0 unspecified atom stereocenters. The molecule has 2 aromatic carbocycles. The van der Waals surface area contributed by atoms with Crippen LogP contribution < -0.4 is 14.8 Å². The Morgan fingerprint density at radius 1 is 1.23 bits per heavy atom. The molecule has 166 valence electrons. The molecule has 6 heteroatoms. The van der Waals surface area contributed by atoms with Crippen molar-refractivity contribution in [3.8, 4) is 11.5 Å². The van der Waals surface area contributed by atoms with Crippen LogP contribution >= 0.6 is 0 Å². The van der Waals surface area contributed by atoms with Crippen LogP contribution in [-0.4, -0.2) is 36.6 Å². The molecule has 2 aromatic rings. The summed E-state index contributed by atoms with van der Waals surface area (Å²) >= 11 is 0. The fourth-order valence-electron chi connectivity index (χ4n) is 4.60. The van der Waals surface area contributed by atoms with Gasteiger partial charge in [-0.05, 0) is 58.0 Å². The number of piperidine rings is 1. The van der Waals surface area contributed by atoms with E-state index in [2.05, 4.69) is 10.2 Å². The van der Waals surface area contributed by atoms with Crippen LogP contribution in [0.2, 0.25) is 0 Å². The van der Waals surface area contributed by atoms with Crippen LogP contribution in [0.1, 0.15) is 50.3 Å². The number of hydrogen-bond acceptors (Lipinski definition) is 4. The average Bonchev–Trinajstić information content (AvgIpc) is 2.74. The fourth-order valence-corrected chi connectivity index (χ4v) is 4.60. The lowest BCUT2D eigenvalue weighted by molar-refractivity contribution is -0.127. The molecule has 2 aliphatic heterocycles. The van der Waals surface area contributed by atoms with Gasteiger partial charge >= 0.3 is 0 Å². The summed E-state index contributed by atoms with van der Waals surface area (Å²) in [7, 11) is 1.63. The van der Waals surface area contributed by atoms with Crippen LogP contribution in [0.5, 0.6) is 11.5 Å². The molecule has 0 aliphatic carbocycles. The van der Waals surface area contributed by atoms with Crippen molar-refractivity contribution < 1.29 is 18.7 Å². The number of hydrogen-bond donors (Lipinski definition) is 1. The fraction of sp³-hybridized carbons (Fsp3) is 0.480. The third-order valence-corrected chi connectivity index (χ3v) is 6.30. The van der Waals surface area contributed by atoms with Crippen molar-refractivity contribution in [1.29, 1.82) is 0 Å². The Hall–Kier alpha value is -2.60. The quantitative estimate of drug-likeness (QED) is 0.767. The smallest absolute Gasteiger partial charge is 0.223 e. The second-order valence-electron chi connectivity index (χ2n) is 9.17. The Morgan fingerprint density at radius 2 is 1.97 bits per heavy atom. The first-order chi connectivity index (χ1) is 14.8. The van der Waals surface area contributed by atoms with Gasteiger partial charge in [0.15, 0.2) is 0 Å². The van der Waals surface area contributed by atoms with Gasteiger partial charge in [0.05, 0.1) is 13.2 Å². The Morgan fingerprint density at radius 3 is 2.68 bits per heavy atom. The zero-order chi connectivity index (χ0) is 22.0. The van der Waals surface area contributed by atoms with E-state index < -0.39 is 0 Å². The monoisotopic (exact) mass is 426 g/mol. The number of fused-ring (bicyclic) bond motifs is 1. The number of methoxy groups -OCH3 is 1. The maximum atomic E-state index is 13.9. The SMILES string of the molecule is COc1ccc2c(c1)OC(C)(C)C[C@@H]2NC(=O)C1CCN(Cc2ccccc2F)CC1. The molecule has 5 nitrogen and oxygen atoms in total. The highest BCUT2D eigenvalue weighted by Crippen LogP contribution is 2.41. The van der Waals surface area contributed by atoms with Gasteiger partial charge in [0, 0.05) is 36.1 Å². The summed E-state index contributed by atoms with van der Waals surface area (Å²) in [6.07, 6.45) is 2.27. The summed E-state index contributed by atoms with van der Waals surface area (Å²) in [5, 5.41) is 3.27. The average molecular weight is 427 g/mol. The highest BCUT2D eigenvalue weighted by molar-refractivity contribution is 5.79. The van der Waals surface area contributed by atoms with E-state index in [4.69, 9.17) is 9.47 Å². The predicted molar refractivity (Wildman–Crippen MR) is 118 cm³/mol. The molecule has 0 saturated carbocycles. The van der Waals surface area contributed by atoms with E-state index in [0.29, 0.717) is 18.5 Å². The Kier molecular flexibility index (Phi) is 6.19. The highest BCUT2D eigenvalue weighted by atomic mass is 19.1. The molecule has 2 heterocycles. The normalized spacial score (nSPS) is 21.1. The maximum Gasteiger partial charge on any atom is 0.223 e. The van der Waals surface area contributed by atoms with E-state index in [-0.39, 0.29) is 29.3 Å². The van der Waals surface area contributed by atoms with Crippen molar-refractivity contribution in [3.05, 3.63) is 59.4 Å². The van der Waals surface area contributed by atoms with Gasteiger partial charge in [0.1, 0.15) is 22.9 Å². The minimum Gasteiger partial charge on any atom is -0.497 e. The van der Waals surface area contributed by atoms with E-state index in [0.717, 1.165) is 43.0 Å². The van der Waals surface area contributed by atoms with E-state index in [1.54, 1.807) is 13.2 Å². The van der Waals surface area contributed by atoms with Crippen LogP contribution in [0.15, 0.2) is 42.5 Å². The summed E-state index contributed by atoms with van der Waals surface area (Å²) in [6.45, 7) is 6.24. The van der Waals surface area contributed by atoms with Crippen LogP contribution in [0.3, 0.4) is 0 Å². The number of nitrogens with zero attached hydrogens (tertiary/aromatic N) is 1. The molecule has 1 saturated heterocycles. The van der Waals surface area contributed by atoms with Gasteiger partial charge in [0.2, 0.25) is 5.91 Å². The molecule has 4 rings (SSSR count). The molecule has 31 heavy (non-hydrogen) atoms. The summed E-state index contributed by atoms with van der Waals surface area (Å²) in [6, 6.07) is 12.6. The summed E-state index contributed by atoms with van der Waals surface area (Å²) in [5.74, 6) is 1.41. The Labute approximate surface area is 183 Å². The van der Waals surface area contributed by atoms with Gasteiger partial charge in [-0.2, -0.15) is 0 Å². The van der Waals surface area contributed by atoms with Gasteiger partial charge in [-0.1, -0.05) is 18.2 Å². The van der Waals surface area contributed by atoms with Crippen molar-refractivity contribution in [2.24, 2.45) is 5.92 Å². The first kappa shape index (κ1) is 21.6. The molecule has 1 atom stereocenters. The molecule has 0 aromatic heterocycles. The topological polar surface area (TPSA) is 50.8 Å². The van der Waals surface area contributed by atoms with Crippen molar-refractivity contribution >= 4 is 5.91 Å². The minimum atomic E-state index is -0.375. The largest absolute Gasteiger partial charge is 0.497 e. The number of carbonyl (C=O) groups is 1. The number of nitrogens with one attached hydrogen (secondary N) is 1. The minimum absolute atomic E-state index is 0.0236. The molecule has 0 bridgehead atoms. The lowest BCUT2D eigenvalue weighted by Crippen LogP contribution is -2.45. The molecular weight excluding hydrogens is 395 g/mol. The van der Waals surface area contributed by atoms with Crippen molar-refractivity contribution in [2.45, 2.75) is 51.3 Å².